The van der Waals surface area contributed by atoms with Crippen molar-refractivity contribution in [2.45, 2.75) is 50.9 Å². The first kappa shape index (κ1) is 17.4. The summed E-state index contributed by atoms with van der Waals surface area (Å²) in [5.74, 6) is 1.58. The number of nitrogens with zero attached hydrogens (tertiary/aromatic N) is 7. The van der Waals surface area contributed by atoms with Gasteiger partial charge in [0.2, 0.25) is 0 Å². The van der Waals surface area contributed by atoms with Gasteiger partial charge in [0, 0.05) is 11.6 Å². The second-order valence-corrected chi connectivity index (χ2v) is 8.07. The van der Waals surface area contributed by atoms with E-state index in [0.29, 0.717) is 18.0 Å². The van der Waals surface area contributed by atoms with Gasteiger partial charge in [-0.1, -0.05) is 37.3 Å². The van der Waals surface area contributed by atoms with Gasteiger partial charge in [-0.3, -0.25) is 5.43 Å². The summed E-state index contributed by atoms with van der Waals surface area (Å²) >= 11 is 0. The molecule has 6 rings (SSSR count). The van der Waals surface area contributed by atoms with Crippen molar-refractivity contribution in [3.8, 4) is 17.2 Å². The van der Waals surface area contributed by atoms with E-state index < -0.39 is 0 Å². The zero-order valence-corrected chi connectivity index (χ0v) is 16.9. The van der Waals surface area contributed by atoms with E-state index in [2.05, 4.69) is 44.5 Å². The summed E-state index contributed by atoms with van der Waals surface area (Å²) < 4.78 is 1.83. The highest BCUT2D eigenvalue weighted by Crippen LogP contribution is 2.42. The quantitative estimate of drug-likeness (QED) is 0.725. The normalized spacial score (nSPS) is 22.4. The summed E-state index contributed by atoms with van der Waals surface area (Å²) in [4.78, 5) is 14.5. The van der Waals surface area contributed by atoms with E-state index in [1.807, 2.05) is 41.5 Å². The van der Waals surface area contributed by atoms with Gasteiger partial charge in [0.1, 0.15) is 18.2 Å². The van der Waals surface area contributed by atoms with E-state index in [-0.39, 0.29) is 6.17 Å². The van der Waals surface area contributed by atoms with Gasteiger partial charge in [-0.25, -0.2) is 4.98 Å². The van der Waals surface area contributed by atoms with Crippen LogP contribution in [0.25, 0.3) is 17.2 Å². The molecule has 1 aromatic carbocycles. The molecule has 1 fully saturated rings. The first-order valence-corrected chi connectivity index (χ1v) is 10.7. The van der Waals surface area contributed by atoms with E-state index in [9.17, 15) is 0 Å². The minimum absolute atomic E-state index is 0.127. The van der Waals surface area contributed by atoms with E-state index >= 15 is 0 Å². The highest BCUT2D eigenvalue weighted by Gasteiger charge is 2.45. The van der Waals surface area contributed by atoms with Crippen molar-refractivity contribution >= 4 is 17.8 Å². The maximum Gasteiger partial charge on any atom is 0.253 e. The zero-order chi connectivity index (χ0) is 20.1. The van der Waals surface area contributed by atoms with Crippen molar-refractivity contribution in [2.24, 2.45) is 5.10 Å². The SMILES string of the molecule is CC[C@@H]1C2NN=CN2c2cnc(-n3nccc3-c3ccccc3)nc2N1C1CCC1. The number of hydrogen-bond donors (Lipinski definition) is 1. The van der Waals surface area contributed by atoms with Gasteiger partial charge in [0.05, 0.1) is 24.1 Å². The van der Waals surface area contributed by atoms with E-state index in [1.165, 1.54) is 19.3 Å². The first-order valence-electron chi connectivity index (χ1n) is 10.7. The number of aromatic nitrogens is 4. The summed E-state index contributed by atoms with van der Waals surface area (Å²) in [6.45, 7) is 2.24. The molecule has 3 aliphatic rings. The third-order valence-electron chi connectivity index (χ3n) is 6.46. The number of anilines is 2. The van der Waals surface area contributed by atoms with Crippen LogP contribution in [0.15, 0.2) is 53.9 Å². The number of rotatable bonds is 4. The first-order chi connectivity index (χ1) is 14.8. The molecule has 0 bridgehead atoms. The van der Waals surface area contributed by atoms with Crippen LogP contribution < -0.4 is 15.2 Å². The molecule has 152 valence electrons. The Kier molecular flexibility index (Phi) is 3.97. The lowest BCUT2D eigenvalue weighted by Crippen LogP contribution is -2.62. The molecule has 8 nitrogen and oxygen atoms in total. The van der Waals surface area contributed by atoms with Crippen LogP contribution >= 0.6 is 0 Å². The van der Waals surface area contributed by atoms with Crippen molar-refractivity contribution in [1.29, 1.82) is 0 Å². The van der Waals surface area contributed by atoms with Crippen LogP contribution in [0.5, 0.6) is 0 Å². The number of hydrogen-bond acceptors (Lipinski definition) is 7. The maximum atomic E-state index is 5.07. The van der Waals surface area contributed by atoms with Gasteiger partial charge >= 0.3 is 0 Å². The van der Waals surface area contributed by atoms with Gasteiger partial charge in [0.25, 0.3) is 5.95 Å². The van der Waals surface area contributed by atoms with Crippen LogP contribution in [0.4, 0.5) is 11.5 Å². The van der Waals surface area contributed by atoms with Crippen LogP contribution in [0.3, 0.4) is 0 Å². The van der Waals surface area contributed by atoms with E-state index in [4.69, 9.17) is 9.97 Å². The topological polar surface area (TPSA) is 74.5 Å². The lowest BCUT2D eigenvalue weighted by Gasteiger charge is -2.50. The highest BCUT2D eigenvalue weighted by molar-refractivity contribution is 5.89. The molecule has 0 amide bonds. The summed E-state index contributed by atoms with van der Waals surface area (Å²) in [7, 11) is 0. The number of nitrogens with one attached hydrogen (secondary N) is 1. The van der Waals surface area contributed by atoms with Crippen LogP contribution in [-0.4, -0.2) is 44.3 Å². The second kappa shape index (κ2) is 6.83. The Bertz CT molecular complexity index is 1090. The van der Waals surface area contributed by atoms with Gasteiger partial charge in [-0.15, -0.1) is 0 Å². The molecule has 1 aliphatic carbocycles. The van der Waals surface area contributed by atoms with Gasteiger partial charge in [-0.2, -0.15) is 19.9 Å². The maximum absolute atomic E-state index is 5.07. The van der Waals surface area contributed by atoms with Crippen molar-refractivity contribution in [2.75, 3.05) is 9.80 Å². The summed E-state index contributed by atoms with van der Waals surface area (Å²) in [6, 6.07) is 13.1. The Morgan fingerprint density at radius 2 is 2.00 bits per heavy atom. The standard InChI is InChI=1S/C22H24N8/c1-2-17-21-27-24-14-28(21)19-13-23-22(26-20(19)29(17)16-9-6-10-16)30-18(11-12-25-30)15-7-4-3-5-8-15/h3-5,7-8,11-14,16-17,21,27H,2,6,9-10H2,1H3/t17-,21?/m1/s1. The average molecular weight is 400 g/mol. The molecule has 2 aliphatic heterocycles. The second-order valence-electron chi connectivity index (χ2n) is 8.07. The fourth-order valence-electron chi connectivity index (χ4n) is 4.75. The number of fused-ring (bicyclic) bond motifs is 3. The highest BCUT2D eigenvalue weighted by atomic mass is 15.5. The van der Waals surface area contributed by atoms with Crippen LogP contribution in [0.1, 0.15) is 32.6 Å². The third-order valence-corrected chi connectivity index (χ3v) is 6.46. The minimum Gasteiger partial charge on any atom is -0.345 e. The molecule has 0 spiro atoms. The third kappa shape index (κ3) is 2.52. The number of benzene rings is 1. The van der Waals surface area contributed by atoms with Gasteiger partial charge in [-0.05, 0) is 31.7 Å². The average Bonchev–Trinajstić information content (AvgIpc) is 3.43. The Morgan fingerprint density at radius 3 is 2.77 bits per heavy atom. The Morgan fingerprint density at radius 1 is 1.13 bits per heavy atom. The molecule has 0 saturated heterocycles. The van der Waals surface area contributed by atoms with Crippen molar-refractivity contribution in [1.82, 2.24) is 25.2 Å². The Balaban J connectivity index is 1.48. The van der Waals surface area contributed by atoms with Crippen molar-refractivity contribution in [3.63, 3.8) is 0 Å². The summed E-state index contributed by atoms with van der Waals surface area (Å²) in [6.07, 6.45) is 10.4. The zero-order valence-electron chi connectivity index (χ0n) is 16.9. The van der Waals surface area contributed by atoms with Crippen LogP contribution in [-0.2, 0) is 0 Å². The molecule has 1 unspecified atom stereocenters. The molecule has 8 heteroatoms. The lowest BCUT2D eigenvalue weighted by atomic mass is 9.88. The molecular formula is C22H24N8. The van der Waals surface area contributed by atoms with Crippen molar-refractivity contribution < 1.29 is 0 Å². The molecule has 1 N–H and O–H groups in total. The predicted octanol–water partition coefficient (Wildman–Crippen LogP) is 3.16. The summed E-state index contributed by atoms with van der Waals surface area (Å²) in [5.41, 5.74) is 6.36. The molecule has 3 aromatic rings. The smallest absolute Gasteiger partial charge is 0.253 e. The molecule has 2 atom stereocenters. The van der Waals surface area contributed by atoms with Gasteiger partial charge < -0.3 is 9.80 Å². The molecule has 4 heterocycles. The molecule has 1 saturated carbocycles. The number of hydrazone groups is 1. The molecular weight excluding hydrogens is 376 g/mol. The van der Waals surface area contributed by atoms with Crippen molar-refractivity contribution in [3.05, 3.63) is 48.8 Å². The van der Waals surface area contributed by atoms with Gasteiger partial charge in [0.15, 0.2) is 5.82 Å². The van der Waals surface area contributed by atoms with E-state index in [1.54, 1.807) is 6.20 Å². The van der Waals surface area contributed by atoms with Crippen LogP contribution in [0.2, 0.25) is 0 Å². The minimum atomic E-state index is 0.127. The Hall–Kier alpha value is -3.42. The Labute approximate surface area is 175 Å². The molecule has 2 aromatic heterocycles. The lowest BCUT2D eigenvalue weighted by molar-refractivity contribution is 0.312. The fraction of sp³-hybridized carbons (Fsp3) is 0.364. The predicted molar refractivity (Wildman–Crippen MR) is 117 cm³/mol. The largest absolute Gasteiger partial charge is 0.345 e. The van der Waals surface area contributed by atoms with E-state index in [0.717, 1.165) is 29.2 Å². The summed E-state index contributed by atoms with van der Waals surface area (Å²) in [5, 5.41) is 8.88. The molecule has 30 heavy (non-hydrogen) atoms. The monoisotopic (exact) mass is 400 g/mol. The fourth-order valence-corrected chi connectivity index (χ4v) is 4.75. The van der Waals surface area contributed by atoms with Crippen LogP contribution in [0, 0.1) is 0 Å². The molecule has 0 radical (unpaired) electrons.